The Morgan fingerprint density at radius 2 is 2.00 bits per heavy atom. The van der Waals surface area contributed by atoms with Gasteiger partial charge in [-0.05, 0) is 32.8 Å². The number of aromatic nitrogens is 2. The Morgan fingerprint density at radius 1 is 1.27 bits per heavy atom. The summed E-state index contributed by atoms with van der Waals surface area (Å²) in [5.41, 5.74) is 7.15. The number of hydrogen-bond donors (Lipinski definition) is 1. The zero-order valence-electron chi connectivity index (χ0n) is 12.8. The molecule has 1 saturated heterocycles. The summed E-state index contributed by atoms with van der Waals surface area (Å²) >= 11 is 1.40. The molecule has 0 unspecified atom stereocenters. The third-order valence-electron chi connectivity index (χ3n) is 4.15. The minimum Gasteiger partial charge on any atom is -0.369 e. The van der Waals surface area contributed by atoms with Crippen LogP contribution in [0.4, 0.5) is 0 Å². The minimum atomic E-state index is -0.333. The van der Waals surface area contributed by atoms with Gasteiger partial charge in [-0.15, -0.1) is 11.3 Å². The van der Waals surface area contributed by atoms with Crippen LogP contribution >= 0.6 is 11.3 Å². The third-order valence-corrected chi connectivity index (χ3v) is 5.33. The molecule has 6 nitrogen and oxygen atoms in total. The Morgan fingerprint density at radius 3 is 2.64 bits per heavy atom. The van der Waals surface area contributed by atoms with Crippen LogP contribution < -0.4 is 5.73 Å². The third kappa shape index (κ3) is 2.35. The maximum atomic E-state index is 12.7. The molecule has 1 atom stereocenters. The molecule has 0 spiro atoms. The molecule has 7 heteroatoms. The lowest BCUT2D eigenvalue weighted by atomic mass is 10.1. The zero-order valence-corrected chi connectivity index (χ0v) is 13.7. The van der Waals surface area contributed by atoms with Crippen molar-refractivity contribution in [3.05, 3.63) is 22.0 Å². The lowest BCUT2D eigenvalue weighted by molar-refractivity contribution is -0.121. The van der Waals surface area contributed by atoms with E-state index in [1.54, 1.807) is 4.90 Å². The van der Waals surface area contributed by atoms with Crippen LogP contribution in [0.15, 0.2) is 0 Å². The molecular weight excluding hydrogens is 300 g/mol. The van der Waals surface area contributed by atoms with Crippen molar-refractivity contribution in [3.8, 4) is 0 Å². The first kappa shape index (κ1) is 14.9. The van der Waals surface area contributed by atoms with E-state index in [4.69, 9.17) is 5.73 Å². The van der Waals surface area contributed by atoms with Gasteiger partial charge in [0.1, 0.15) is 10.7 Å². The number of carbonyl (C=O) groups is 2. The van der Waals surface area contributed by atoms with E-state index in [0.717, 1.165) is 21.5 Å². The minimum absolute atomic E-state index is 0.0405. The van der Waals surface area contributed by atoms with Crippen molar-refractivity contribution in [1.29, 1.82) is 0 Å². The molecular formula is C15H18N4O2S. The Bertz CT molecular complexity index is 783. The first-order valence-electron chi connectivity index (χ1n) is 7.21. The van der Waals surface area contributed by atoms with Crippen LogP contribution in [0.25, 0.3) is 10.2 Å². The van der Waals surface area contributed by atoms with Crippen molar-refractivity contribution in [3.63, 3.8) is 0 Å². The molecule has 22 heavy (non-hydrogen) atoms. The number of amides is 2. The van der Waals surface area contributed by atoms with Gasteiger partial charge in [0, 0.05) is 24.2 Å². The van der Waals surface area contributed by atoms with Crippen molar-refractivity contribution in [2.45, 2.75) is 27.2 Å². The lowest BCUT2D eigenvalue weighted by Gasteiger charge is -2.15. The molecule has 2 N–H and O–H groups in total. The first-order valence-corrected chi connectivity index (χ1v) is 8.03. The number of aryl methyl sites for hydroxylation is 3. The van der Waals surface area contributed by atoms with E-state index in [-0.39, 0.29) is 17.7 Å². The quantitative estimate of drug-likeness (QED) is 0.910. The topological polar surface area (TPSA) is 89.2 Å². The van der Waals surface area contributed by atoms with Gasteiger partial charge >= 0.3 is 0 Å². The average molecular weight is 318 g/mol. The van der Waals surface area contributed by atoms with Gasteiger partial charge in [-0.2, -0.15) is 0 Å². The van der Waals surface area contributed by atoms with Crippen molar-refractivity contribution in [1.82, 2.24) is 14.9 Å². The van der Waals surface area contributed by atoms with E-state index in [2.05, 4.69) is 9.97 Å². The van der Waals surface area contributed by atoms with Gasteiger partial charge < -0.3 is 10.6 Å². The summed E-state index contributed by atoms with van der Waals surface area (Å²) in [6, 6.07) is 0. The van der Waals surface area contributed by atoms with E-state index in [1.807, 2.05) is 20.8 Å². The van der Waals surface area contributed by atoms with Crippen LogP contribution in [0, 0.1) is 26.7 Å². The monoisotopic (exact) mass is 318 g/mol. The molecule has 0 aromatic carbocycles. The molecule has 0 bridgehead atoms. The summed E-state index contributed by atoms with van der Waals surface area (Å²) < 4.78 is 0. The fourth-order valence-corrected chi connectivity index (χ4v) is 4.24. The Kier molecular flexibility index (Phi) is 3.60. The maximum absolute atomic E-state index is 12.7. The number of thiophene rings is 1. The van der Waals surface area contributed by atoms with Crippen LogP contribution in [0.3, 0.4) is 0 Å². The van der Waals surface area contributed by atoms with Crippen molar-refractivity contribution >= 4 is 33.4 Å². The smallest absolute Gasteiger partial charge is 0.264 e. The van der Waals surface area contributed by atoms with Crippen LogP contribution in [0.1, 0.15) is 33.2 Å². The summed E-state index contributed by atoms with van der Waals surface area (Å²) in [4.78, 5) is 36.1. The zero-order chi connectivity index (χ0) is 16.0. The molecule has 2 amide bonds. The predicted molar refractivity (Wildman–Crippen MR) is 84.8 cm³/mol. The van der Waals surface area contributed by atoms with E-state index in [9.17, 15) is 9.59 Å². The highest BCUT2D eigenvalue weighted by atomic mass is 32.1. The maximum Gasteiger partial charge on any atom is 0.264 e. The Labute approximate surface area is 132 Å². The van der Waals surface area contributed by atoms with Gasteiger partial charge in [0.25, 0.3) is 5.91 Å². The SMILES string of the molecule is Cc1nc(C)c2c(C)c(C(=O)N3CC[C@@H](C(N)=O)C3)sc2n1. The van der Waals surface area contributed by atoms with Crippen molar-refractivity contribution in [2.75, 3.05) is 13.1 Å². The summed E-state index contributed by atoms with van der Waals surface area (Å²) in [7, 11) is 0. The summed E-state index contributed by atoms with van der Waals surface area (Å²) in [5, 5.41) is 0.963. The number of hydrogen-bond acceptors (Lipinski definition) is 5. The number of fused-ring (bicyclic) bond motifs is 1. The van der Waals surface area contributed by atoms with Gasteiger partial charge in [0.2, 0.25) is 5.91 Å². The lowest BCUT2D eigenvalue weighted by Crippen LogP contribution is -2.31. The summed E-state index contributed by atoms with van der Waals surface area (Å²) in [6.45, 7) is 6.69. The molecule has 0 saturated carbocycles. The molecule has 116 valence electrons. The molecule has 3 heterocycles. The number of primary amides is 1. The van der Waals surface area contributed by atoms with E-state index < -0.39 is 0 Å². The van der Waals surface area contributed by atoms with E-state index in [0.29, 0.717) is 30.2 Å². The van der Waals surface area contributed by atoms with Gasteiger partial charge in [-0.25, -0.2) is 9.97 Å². The van der Waals surface area contributed by atoms with Crippen LogP contribution in [0.2, 0.25) is 0 Å². The van der Waals surface area contributed by atoms with Gasteiger partial charge in [0.15, 0.2) is 0 Å². The number of nitrogens with two attached hydrogens (primary N) is 1. The summed E-state index contributed by atoms with van der Waals surface area (Å²) in [5.74, 6) is 0.102. The number of rotatable bonds is 2. The number of likely N-dealkylation sites (tertiary alicyclic amines) is 1. The highest BCUT2D eigenvalue weighted by Crippen LogP contribution is 2.33. The Balaban J connectivity index is 1.97. The summed E-state index contributed by atoms with van der Waals surface area (Å²) in [6.07, 6.45) is 0.642. The van der Waals surface area contributed by atoms with Crippen molar-refractivity contribution < 1.29 is 9.59 Å². The van der Waals surface area contributed by atoms with Crippen LogP contribution in [0.5, 0.6) is 0 Å². The predicted octanol–water partition coefficient (Wildman–Crippen LogP) is 1.56. The largest absolute Gasteiger partial charge is 0.369 e. The van der Waals surface area contributed by atoms with Gasteiger partial charge in [-0.1, -0.05) is 0 Å². The normalized spacial score (nSPS) is 18.1. The van der Waals surface area contributed by atoms with E-state index >= 15 is 0 Å². The second kappa shape index (κ2) is 5.31. The highest BCUT2D eigenvalue weighted by Gasteiger charge is 2.32. The number of nitrogens with zero attached hydrogens (tertiary/aromatic N) is 3. The molecule has 2 aromatic rings. The first-order chi connectivity index (χ1) is 10.4. The fourth-order valence-electron chi connectivity index (χ4n) is 3.00. The molecule has 0 aliphatic carbocycles. The van der Waals surface area contributed by atoms with E-state index in [1.165, 1.54) is 11.3 Å². The molecule has 0 radical (unpaired) electrons. The molecule has 3 rings (SSSR count). The van der Waals surface area contributed by atoms with Gasteiger partial charge in [-0.3, -0.25) is 9.59 Å². The molecule has 2 aromatic heterocycles. The molecule has 1 aliphatic heterocycles. The molecule has 1 aliphatic rings. The highest BCUT2D eigenvalue weighted by molar-refractivity contribution is 7.20. The van der Waals surface area contributed by atoms with Crippen LogP contribution in [-0.4, -0.2) is 39.8 Å². The Hall–Kier alpha value is -2.02. The van der Waals surface area contributed by atoms with Gasteiger partial charge in [0.05, 0.1) is 10.8 Å². The second-order valence-electron chi connectivity index (χ2n) is 5.73. The van der Waals surface area contributed by atoms with Crippen molar-refractivity contribution in [2.24, 2.45) is 11.7 Å². The molecule has 1 fully saturated rings. The van der Waals surface area contributed by atoms with Crippen LogP contribution in [-0.2, 0) is 4.79 Å². The standard InChI is InChI=1S/C15H18N4O2S/c1-7-11-8(2)17-9(3)18-14(11)22-12(7)15(21)19-5-4-10(6-19)13(16)20/h10H,4-6H2,1-3H3,(H2,16,20)/t10-/m1/s1. The second-order valence-corrected chi connectivity index (χ2v) is 6.73. The number of carbonyl (C=O) groups excluding carboxylic acids is 2. The fraction of sp³-hybridized carbons (Fsp3) is 0.467. The average Bonchev–Trinajstić information content (AvgIpc) is 3.03.